The molecule has 1 aromatic carbocycles. The molecule has 1 amide bonds. The molecule has 1 aliphatic heterocycles. The number of methoxy groups -OCH3 is 1. The van der Waals surface area contributed by atoms with Crippen molar-refractivity contribution < 1.29 is 9.53 Å². The lowest BCUT2D eigenvalue weighted by atomic mass is 10.1. The predicted octanol–water partition coefficient (Wildman–Crippen LogP) is 2.33. The molecule has 2 heterocycles. The van der Waals surface area contributed by atoms with E-state index >= 15 is 0 Å². The average molecular weight is 356 g/mol. The molecule has 26 heavy (non-hydrogen) atoms. The highest BCUT2D eigenvalue weighted by Crippen LogP contribution is 2.21. The molecule has 0 bridgehead atoms. The number of anilines is 1. The van der Waals surface area contributed by atoms with Crippen LogP contribution in [0.2, 0.25) is 0 Å². The first-order chi connectivity index (χ1) is 12.5. The van der Waals surface area contributed by atoms with Crippen molar-refractivity contribution >= 4 is 11.6 Å². The highest BCUT2D eigenvalue weighted by molar-refractivity contribution is 5.77. The van der Waals surface area contributed by atoms with Gasteiger partial charge in [-0.15, -0.1) is 0 Å². The number of carbonyl (C=O) groups excluding carboxylic acids is 1. The molecule has 0 atom stereocenters. The average Bonchev–Trinajstić information content (AvgIpc) is 2.91. The Morgan fingerprint density at radius 2 is 1.77 bits per heavy atom. The smallest absolute Gasteiger partial charge is 0.223 e. The van der Waals surface area contributed by atoms with E-state index < -0.39 is 0 Å². The molecule has 1 saturated heterocycles. The topological polar surface area (TPSA) is 50.6 Å². The fourth-order valence-corrected chi connectivity index (χ4v) is 3.58. The van der Waals surface area contributed by atoms with Gasteiger partial charge in [0, 0.05) is 51.0 Å². The molecule has 0 spiro atoms. The van der Waals surface area contributed by atoms with Crippen LogP contribution in [-0.2, 0) is 18.3 Å². The van der Waals surface area contributed by atoms with Crippen molar-refractivity contribution in [3.8, 4) is 5.75 Å². The minimum Gasteiger partial charge on any atom is -0.497 e. The second-order valence-corrected chi connectivity index (χ2v) is 6.84. The molecule has 6 heteroatoms. The van der Waals surface area contributed by atoms with Crippen molar-refractivity contribution in [1.29, 1.82) is 0 Å². The van der Waals surface area contributed by atoms with Crippen molar-refractivity contribution in [1.82, 2.24) is 14.7 Å². The number of benzene rings is 1. The number of carbonyl (C=O) groups is 1. The quantitative estimate of drug-likeness (QED) is 0.825. The third-order valence-corrected chi connectivity index (χ3v) is 5.32. The number of nitrogens with zero attached hydrogens (tertiary/aromatic N) is 4. The molecular weight excluding hydrogens is 328 g/mol. The number of ether oxygens (including phenoxy) is 1. The highest BCUT2D eigenvalue weighted by atomic mass is 16.5. The van der Waals surface area contributed by atoms with Gasteiger partial charge in [-0.3, -0.25) is 9.48 Å². The van der Waals surface area contributed by atoms with Gasteiger partial charge in [-0.05, 0) is 50.1 Å². The van der Waals surface area contributed by atoms with Crippen LogP contribution >= 0.6 is 0 Å². The summed E-state index contributed by atoms with van der Waals surface area (Å²) in [6.45, 7) is 7.35. The van der Waals surface area contributed by atoms with Crippen LogP contribution in [0.25, 0.3) is 0 Å². The van der Waals surface area contributed by atoms with Crippen LogP contribution in [0.15, 0.2) is 24.3 Å². The fraction of sp³-hybridized carbons (Fsp3) is 0.500. The maximum Gasteiger partial charge on any atom is 0.223 e. The minimum absolute atomic E-state index is 0.238. The maximum absolute atomic E-state index is 12.6. The number of hydrogen-bond donors (Lipinski definition) is 0. The highest BCUT2D eigenvalue weighted by Gasteiger charge is 2.22. The van der Waals surface area contributed by atoms with Gasteiger partial charge in [0.05, 0.1) is 12.8 Å². The second-order valence-electron chi connectivity index (χ2n) is 6.84. The molecule has 1 aliphatic rings. The third-order valence-electron chi connectivity index (χ3n) is 5.32. The normalized spacial score (nSPS) is 14.6. The van der Waals surface area contributed by atoms with Gasteiger partial charge in [-0.1, -0.05) is 0 Å². The Bertz CT molecular complexity index is 759. The second kappa shape index (κ2) is 7.81. The monoisotopic (exact) mass is 356 g/mol. The Hall–Kier alpha value is -2.50. The summed E-state index contributed by atoms with van der Waals surface area (Å²) in [6, 6.07) is 8.10. The van der Waals surface area contributed by atoms with E-state index in [1.165, 1.54) is 11.3 Å². The molecule has 0 aliphatic carbocycles. The minimum atomic E-state index is 0.238. The molecule has 0 unspecified atom stereocenters. The Balaban J connectivity index is 1.51. The Morgan fingerprint density at radius 1 is 1.12 bits per heavy atom. The van der Waals surface area contributed by atoms with Gasteiger partial charge in [0.2, 0.25) is 5.91 Å². The molecule has 2 aromatic rings. The summed E-state index contributed by atoms with van der Waals surface area (Å²) < 4.78 is 7.10. The molecule has 3 rings (SSSR count). The van der Waals surface area contributed by atoms with Crippen LogP contribution in [0.5, 0.6) is 5.75 Å². The van der Waals surface area contributed by atoms with E-state index in [4.69, 9.17) is 4.74 Å². The summed E-state index contributed by atoms with van der Waals surface area (Å²) >= 11 is 0. The molecule has 140 valence electrons. The maximum atomic E-state index is 12.6. The number of piperazine rings is 1. The SMILES string of the molecule is COc1ccc(N2CCN(C(=O)CCc3c(C)nn(C)c3C)CC2)cc1. The zero-order valence-corrected chi connectivity index (χ0v) is 16.2. The zero-order chi connectivity index (χ0) is 18.7. The Kier molecular flexibility index (Phi) is 5.49. The van der Waals surface area contributed by atoms with Crippen molar-refractivity contribution in [3.05, 3.63) is 41.2 Å². The van der Waals surface area contributed by atoms with Gasteiger partial charge < -0.3 is 14.5 Å². The third kappa shape index (κ3) is 3.84. The summed E-state index contributed by atoms with van der Waals surface area (Å²) in [6.07, 6.45) is 1.32. The van der Waals surface area contributed by atoms with E-state index in [9.17, 15) is 4.79 Å². The van der Waals surface area contributed by atoms with E-state index in [2.05, 4.69) is 29.1 Å². The van der Waals surface area contributed by atoms with Crippen molar-refractivity contribution in [2.75, 3.05) is 38.2 Å². The number of rotatable bonds is 5. The molecule has 0 radical (unpaired) electrons. The lowest BCUT2D eigenvalue weighted by Crippen LogP contribution is -2.48. The Labute approximate surface area is 155 Å². The molecule has 0 saturated carbocycles. The van der Waals surface area contributed by atoms with E-state index in [1.807, 2.05) is 35.7 Å². The first-order valence-corrected chi connectivity index (χ1v) is 9.15. The lowest BCUT2D eigenvalue weighted by Gasteiger charge is -2.36. The van der Waals surface area contributed by atoms with Gasteiger partial charge in [-0.25, -0.2) is 0 Å². The van der Waals surface area contributed by atoms with E-state index in [1.54, 1.807) is 7.11 Å². The first-order valence-electron chi connectivity index (χ1n) is 9.15. The Morgan fingerprint density at radius 3 is 2.31 bits per heavy atom. The van der Waals surface area contributed by atoms with Gasteiger partial charge in [0.25, 0.3) is 0 Å². The van der Waals surface area contributed by atoms with Crippen LogP contribution in [0, 0.1) is 13.8 Å². The largest absolute Gasteiger partial charge is 0.497 e. The molecule has 1 aromatic heterocycles. The number of aryl methyl sites for hydroxylation is 2. The number of amides is 1. The first kappa shape index (κ1) is 18.3. The summed E-state index contributed by atoms with van der Waals surface area (Å²) in [5.41, 5.74) is 4.57. The summed E-state index contributed by atoms with van der Waals surface area (Å²) in [7, 11) is 3.62. The van der Waals surface area contributed by atoms with E-state index in [0.29, 0.717) is 6.42 Å². The van der Waals surface area contributed by atoms with Crippen LogP contribution in [-0.4, -0.2) is 53.9 Å². The fourth-order valence-electron chi connectivity index (χ4n) is 3.58. The molecule has 6 nitrogen and oxygen atoms in total. The number of aromatic nitrogens is 2. The van der Waals surface area contributed by atoms with Gasteiger partial charge in [-0.2, -0.15) is 5.10 Å². The standard InChI is InChI=1S/C20H28N4O2/c1-15-19(16(2)22(3)21-15)9-10-20(25)24-13-11-23(12-14-24)17-5-7-18(26-4)8-6-17/h5-8H,9-14H2,1-4H3. The zero-order valence-electron chi connectivity index (χ0n) is 16.2. The van der Waals surface area contributed by atoms with Gasteiger partial charge in [0.1, 0.15) is 5.75 Å². The van der Waals surface area contributed by atoms with Crippen LogP contribution in [0.3, 0.4) is 0 Å². The van der Waals surface area contributed by atoms with Crippen LogP contribution in [0.1, 0.15) is 23.4 Å². The van der Waals surface area contributed by atoms with Gasteiger partial charge >= 0.3 is 0 Å². The molecule has 1 fully saturated rings. The van der Waals surface area contributed by atoms with Crippen LogP contribution in [0.4, 0.5) is 5.69 Å². The number of hydrogen-bond acceptors (Lipinski definition) is 4. The van der Waals surface area contributed by atoms with Crippen LogP contribution < -0.4 is 9.64 Å². The predicted molar refractivity (Wildman–Crippen MR) is 103 cm³/mol. The van der Waals surface area contributed by atoms with Crippen molar-refractivity contribution in [2.24, 2.45) is 7.05 Å². The summed E-state index contributed by atoms with van der Waals surface area (Å²) in [4.78, 5) is 16.9. The van der Waals surface area contributed by atoms with Crippen molar-refractivity contribution in [2.45, 2.75) is 26.7 Å². The van der Waals surface area contributed by atoms with E-state index in [-0.39, 0.29) is 5.91 Å². The summed E-state index contributed by atoms with van der Waals surface area (Å²) in [5, 5.41) is 4.43. The van der Waals surface area contributed by atoms with Gasteiger partial charge in [0.15, 0.2) is 0 Å². The van der Waals surface area contributed by atoms with Crippen molar-refractivity contribution in [3.63, 3.8) is 0 Å². The van der Waals surface area contributed by atoms with E-state index in [0.717, 1.165) is 49.7 Å². The summed E-state index contributed by atoms with van der Waals surface area (Å²) in [5.74, 6) is 1.10. The molecule has 0 N–H and O–H groups in total. The molecular formula is C20H28N4O2. The lowest BCUT2D eigenvalue weighted by molar-refractivity contribution is -0.131.